The molecule has 232 valence electrons. The first-order valence-electron chi connectivity index (χ1n) is 14.1. The third-order valence-electron chi connectivity index (χ3n) is 7.51. The van der Waals surface area contributed by atoms with Gasteiger partial charge in [-0.25, -0.2) is 18.6 Å². The van der Waals surface area contributed by atoms with Crippen LogP contribution in [0, 0.1) is 17.6 Å². The van der Waals surface area contributed by atoms with Crippen LogP contribution in [0.2, 0.25) is 0 Å². The Morgan fingerprint density at radius 3 is 2.37 bits per heavy atom. The van der Waals surface area contributed by atoms with Gasteiger partial charge in [-0.2, -0.15) is 0 Å². The van der Waals surface area contributed by atoms with Crippen LogP contribution in [0.3, 0.4) is 0 Å². The first-order chi connectivity index (χ1) is 20.3. The minimum absolute atomic E-state index is 0.0447. The second-order valence-electron chi connectivity index (χ2n) is 11.7. The molecule has 0 aliphatic carbocycles. The van der Waals surface area contributed by atoms with E-state index in [0.29, 0.717) is 31.6 Å². The Labute approximate surface area is 248 Å². The van der Waals surface area contributed by atoms with Crippen molar-refractivity contribution in [1.29, 1.82) is 0 Å². The molecule has 0 spiro atoms. The van der Waals surface area contributed by atoms with E-state index in [9.17, 15) is 28.0 Å². The summed E-state index contributed by atoms with van der Waals surface area (Å²) in [5, 5.41) is 5.09. The van der Waals surface area contributed by atoms with Gasteiger partial charge in [0, 0.05) is 32.9 Å². The molecule has 1 aromatic heterocycles. The predicted molar refractivity (Wildman–Crippen MR) is 153 cm³/mol. The maximum atomic E-state index is 14.4. The van der Waals surface area contributed by atoms with E-state index >= 15 is 0 Å². The Morgan fingerprint density at radius 2 is 1.74 bits per heavy atom. The number of hydrogen-bond donors (Lipinski definition) is 2. The highest BCUT2D eigenvalue weighted by Gasteiger charge is 2.45. The van der Waals surface area contributed by atoms with Crippen molar-refractivity contribution in [3.63, 3.8) is 0 Å². The predicted octanol–water partition coefficient (Wildman–Crippen LogP) is 3.42. The zero-order chi connectivity index (χ0) is 31.5. The van der Waals surface area contributed by atoms with Crippen molar-refractivity contribution in [2.24, 2.45) is 5.92 Å². The highest BCUT2D eigenvalue weighted by atomic mass is 19.1. The van der Waals surface area contributed by atoms with Gasteiger partial charge in [0.1, 0.15) is 46.9 Å². The Balaban J connectivity index is 1.63. The molecule has 2 aliphatic rings. The molecule has 2 aliphatic heterocycles. The lowest BCUT2D eigenvalue weighted by Crippen LogP contribution is -2.59. The molecule has 11 nitrogen and oxygen atoms in total. The fourth-order valence-corrected chi connectivity index (χ4v) is 5.07. The second kappa shape index (κ2) is 13.0. The largest absolute Gasteiger partial charge is 0.444 e. The van der Waals surface area contributed by atoms with Gasteiger partial charge >= 0.3 is 6.09 Å². The Kier molecular flexibility index (Phi) is 9.63. The van der Waals surface area contributed by atoms with Crippen molar-refractivity contribution >= 4 is 35.3 Å². The number of benzene rings is 1. The fourth-order valence-electron chi connectivity index (χ4n) is 5.07. The number of amides is 4. The van der Waals surface area contributed by atoms with Crippen LogP contribution in [0.15, 0.2) is 36.5 Å². The number of aromatic nitrogens is 1. The van der Waals surface area contributed by atoms with Crippen molar-refractivity contribution in [2.45, 2.75) is 70.7 Å². The quantitative estimate of drug-likeness (QED) is 0.498. The number of anilines is 2. The van der Waals surface area contributed by atoms with Crippen LogP contribution in [0.5, 0.6) is 0 Å². The number of fused-ring (bicyclic) bond motifs is 1. The number of nitrogens with zero attached hydrogens (tertiary/aromatic N) is 3. The van der Waals surface area contributed by atoms with Crippen LogP contribution in [0.4, 0.5) is 25.1 Å². The summed E-state index contributed by atoms with van der Waals surface area (Å²) < 4.78 is 39.6. The monoisotopic (exact) mass is 601 g/mol. The summed E-state index contributed by atoms with van der Waals surface area (Å²) in [4.78, 5) is 60.6. The number of para-hydroxylation sites is 1. The molecule has 1 fully saturated rings. The molecular formula is C30H37F2N5O6. The molecule has 1 saturated heterocycles. The number of hydrogen-bond acceptors (Lipinski definition) is 7. The van der Waals surface area contributed by atoms with Crippen LogP contribution in [0.1, 0.15) is 46.1 Å². The Hall–Kier alpha value is -4.13. The van der Waals surface area contributed by atoms with Crippen molar-refractivity contribution in [3.8, 4) is 0 Å². The van der Waals surface area contributed by atoms with Crippen molar-refractivity contribution in [3.05, 3.63) is 53.7 Å². The lowest BCUT2D eigenvalue weighted by molar-refractivity contribution is -0.132. The Morgan fingerprint density at radius 1 is 1.09 bits per heavy atom. The summed E-state index contributed by atoms with van der Waals surface area (Å²) in [7, 11) is 1.42. The molecule has 3 heterocycles. The zero-order valence-electron chi connectivity index (χ0n) is 24.9. The number of likely N-dealkylation sites (N-methyl/N-ethyl adjacent to an activating group) is 1. The number of carbonyl (C=O) groups is 4. The van der Waals surface area contributed by atoms with Gasteiger partial charge in [0.15, 0.2) is 0 Å². The number of carbonyl (C=O) groups excluding carboxylic acids is 4. The minimum atomic E-state index is -1.20. The molecule has 4 rings (SSSR count). The Bertz CT molecular complexity index is 1360. The topological polar surface area (TPSA) is 130 Å². The average Bonchev–Trinajstić information content (AvgIpc) is 3.36. The second-order valence-corrected chi connectivity index (χ2v) is 11.7. The van der Waals surface area contributed by atoms with Gasteiger partial charge in [0.05, 0.1) is 0 Å². The molecule has 2 aromatic rings. The maximum absolute atomic E-state index is 14.4. The van der Waals surface area contributed by atoms with Gasteiger partial charge in [-0.05, 0) is 70.2 Å². The van der Waals surface area contributed by atoms with E-state index < -0.39 is 64.9 Å². The fraction of sp³-hybridized carbons (Fsp3) is 0.500. The van der Waals surface area contributed by atoms with Crippen LogP contribution >= 0.6 is 0 Å². The van der Waals surface area contributed by atoms with E-state index in [-0.39, 0.29) is 18.2 Å². The highest BCUT2D eigenvalue weighted by Crippen LogP contribution is 2.33. The summed E-state index contributed by atoms with van der Waals surface area (Å²) in [6.45, 7) is 7.36. The molecular weight excluding hydrogens is 564 g/mol. The van der Waals surface area contributed by atoms with E-state index in [0.717, 1.165) is 17.0 Å². The number of halogens is 2. The van der Waals surface area contributed by atoms with Crippen LogP contribution in [0.25, 0.3) is 0 Å². The lowest BCUT2D eigenvalue weighted by atomic mass is 9.90. The number of pyridine rings is 1. The zero-order valence-corrected chi connectivity index (χ0v) is 24.9. The molecule has 0 bridgehead atoms. The van der Waals surface area contributed by atoms with Crippen LogP contribution in [-0.4, -0.2) is 77.7 Å². The van der Waals surface area contributed by atoms with Gasteiger partial charge in [0.2, 0.25) is 11.8 Å². The van der Waals surface area contributed by atoms with Crippen molar-refractivity contribution in [1.82, 2.24) is 15.2 Å². The summed E-state index contributed by atoms with van der Waals surface area (Å²) in [5.41, 5.74) is -0.823. The molecule has 4 amide bonds. The third-order valence-corrected chi connectivity index (χ3v) is 7.51. The molecule has 2 N–H and O–H groups in total. The standard InChI is InChI=1S/C30H37F2N5O6/c1-17(36(5)29(41)43-30(2,3)4)26(38)34-23(18-11-14-42-15-12-18)28(40)37-22(16-19-8-7-13-33-25(19)37)27(39)35-24-20(31)9-6-10-21(24)32/h6-10,13,17-18,22-23H,11-12,14-16H2,1-5H3,(H,34,38)(H,35,39)/t17-,22?,23-/m0/s1. The maximum Gasteiger partial charge on any atom is 0.410 e. The van der Waals surface area contributed by atoms with Gasteiger partial charge in [0.25, 0.3) is 5.91 Å². The smallest absolute Gasteiger partial charge is 0.410 e. The van der Waals surface area contributed by atoms with E-state index in [2.05, 4.69) is 15.6 Å². The number of nitrogens with one attached hydrogen (secondary N) is 2. The molecule has 3 atom stereocenters. The SMILES string of the molecule is C[C@@H](C(=O)N[C@H](C(=O)N1c2ncccc2CC1C(=O)Nc1c(F)cccc1F)C1CCOCC1)N(C)C(=O)OC(C)(C)C. The van der Waals surface area contributed by atoms with E-state index in [1.807, 2.05) is 0 Å². The van der Waals surface area contributed by atoms with Gasteiger partial charge in [-0.15, -0.1) is 0 Å². The van der Waals surface area contributed by atoms with Gasteiger partial charge in [-0.1, -0.05) is 12.1 Å². The molecule has 43 heavy (non-hydrogen) atoms. The van der Waals surface area contributed by atoms with E-state index in [4.69, 9.17) is 9.47 Å². The van der Waals surface area contributed by atoms with Gasteiger partial charge in [-0.3, -0.25) is 24.2 Å². The minimum Gasteiger partial charge on any atom is -0.444 e. The summed E-state index contributed by atoms with van der Waals surface area (Å²) in [6, 6.07) is 3.25. The summed E-state index contributed by atoms with van der Waals surface area (Å²) in [6.07, 6.45) is 1.71. The van der Waals surface area contributed by atoms with E-state index in [1.54, 1.807) is 32.9 Å². The van der Waals surface area contributed by atoms with Crippen molar-refractivity contribution < 1.29 is 37.4 Å². The number of rotatable bonds is 7. The van der Waals surface area contributed by atoms with Crippen LogP contribution in [-0.2, 0) is 30.3 Å². The highest BCUT2D eigenvalue weighted by molar-refractivity contribution is 6.09. The molecule has 1 unspecified atom stereocenters. The number of ether oxygens (including phenoxy) is 2. The lowest BCUT2D eigenvalue weighted by Gasteiger charge is -2.35. The third kappa shape index (κ3) is 7.27. The van der Waals surface area contributed by atoms with Gasteiger partial charge < -0.3 is 20.1 Å². The molecule has 1 aromatic carbocycles. The molecule has 0 radical (unpaired) electrons. The summed E-state index contributed by atoms with van der Waals surface area (Å²) in [5.74, 6) is -4.10. The molecule has 13 heteroatoms. The van der Waals surface area contributed by atoms with Crippen molar-refractivity contribution in [2.75, 3.05) is 30.5 Å². The first kappa shape index (κ1) is 31.8. The average molecular weight is 602 g/mol. The van der Waals surface area contributed by atoms with Crippen LogP contribution < -0.4 is 15.5 Å². The first-order valence-corrected chi connectivity index (χ1v) is 14.1. The molecule has 0 saturated carbocycles. The summed E-state index contributed by atoms with van der Waals surface area (Å²) >= 11 is 0. The normalized spacial score (nSPS) is 18.3. The van der Waals surface area contributed by atoms with E-state index in [1.165, 1.54) is 31.1 Å².